The highest BCUT2D eigenvalue weighted by Crippen LogP contribution is 2.24. The van der Waals surface area contributed by atoms with Crippen molar-refractivity contribution in [2.45, 2.75) is 0 Å². The van der Waals surface area contributed by atoms with Gasteiger partial charge in [0.1, 0.15) is 0 Å². The SMILES string of the molecule is Cn1ccc2c(C(=O)O)cc(Br)cc21. The zero-order valence-electron chi connectivity index (χ0n) is 7.49. The molecule has 1 aromatic carbocycles. The summed E-state index contributed by atoms with van der Waals surface area (Å²) < 4.78 is 2.68. The van der Waals surface area contributed by atoms with Crippen molar-refractivity contribution in [1.82, 2.24) is 4.57 Å². The van der Waals surface area contributed by atoms with Gasteiger partial charge in [0, 0.05) is 28.6 Å². The molecule has 0 atom stereocenters. The van der Waals surface area contributed by atoms with E-state index in [0.29, 0.717) is 5.56 Å². The van der Waals surface area contributed by atoms with Crippen LogP contribution in [0.15, 0.2) is 28.9 Å². The molecular formula is C10H8BrNO2. The van der Waals surface area contributed by atoms with E-state index >= 15 is 0 Å². The van der Waals surface area contributed by atoms with E-state index in [0.717, 1.165) is 15.4 Å². The number of aromatic nitrogens is 1. The zero-order valence-corrected chi connectivity index (χ0v) is 9.08. The van der Waals surface area contributed by atoms with Crippen molar-refractivity contribution in [3.63, 3.8) is 0 Å². The molecule has 0 spiro atoms. The van der Waals surface area contributed by atoms with Crippen LogP contribution in [0.4, 0.5) is 0 Å². The monoisotopic (exact) mass is 253 g/mol. The van der Waals surface area contributed by atoms with E-state index in [9.17, 15) is 4.79 Å². The number of fused-ring (bicyclic) bond motifs is 1. The van der Waals surface area contributed by atoms with Gasteiger partial charge in [0.25, 0.3) is 0 Å². The van der Waals surface area contributed by atoms with Gasteiger partial charge in [0.15, 0.2) is 0 Å². The fourth-order valence-electron chi connectivity index (χ4n) is 1.51. The van der Waals surface area contributed by atoms with Crippen molar-refractivity contribution in [2.24, 2.45) is 7.05 Å². The van der Waals surface area contributed by atoms with Gasteiger partial charge in [-0.3, -0.25) is 0 Å². The molecule has 14 heavy (non-hydrogen) atoms. The third-order valence-electron chi connectivity index (χ3n) is 2.20. The van der Waals surface area contributed by atoms with Crippen LogP contribution in [0.3, 0.4) is 0 Å². The molecule has 2 aromatic rings. The van der Waals surface area contributed by atoms with E-state index in [1.165, 1.54) is 0 Å². The molecule has 0 radical (unpaired) electrons. The Labute approximate surface area is 89.1 Å². The van der Waals surface area contributed by atoms with Crippen LogP contribution in [-0.2, 0) is 7.05 Å². The smallest absolute Gasteiger partial charge is 0.336 e. The van der Waals surface area contributed by atoms with Gasteiger partial charge in [-0.15, -0.1) is 0 Å². The van der Waals surface area contributed by atoms with Gasteiger partial charge in [-0.2, -0.15) is 0 Å². The average molecular weight is 254 g/mol. The summed E-state index contributed by atoms with van der Waals surface area (Å²) in [5, 5.41) is 9.75. The van der Waals surface area contributed by atoms with Crippen molar-refractivity contribution in [3.8, 4) is 0 Å². The molecule has 0 saturated carbocycles. The number of carboxylic acids is 1. The molecule has 1 N–H and O–H groups in total. The fraction of sp³-hybridized carbons (Fsp3) is 0.100. The predicted molar refractivity (Wildman–Crippen MR) is 57.6 cm³/mol. The molecule has 0 unspecified atom stereocenters. The second kappa shape index (κ2) is 3.13. The Morgan fingerprint density at radius 3 is 2.86 bits per heavy atom. The first-order chi connectivity index (χ1) is 6.59. The van der Waals surface area contributed by atoms with Gasteiger partial charge in [-0.05, 0) is 18.2 Å². The van der Waals surface area contributed by atoms with Gasteiger partial charge in [0.2, 0.25) is 0 Å². The van der Waals surface area contributed by atoms with E-state index in [1.807, 2.05) is 29.9 Å². The summed E-state index contributed by atoms with van der Waals surface area (Å²) in [5.41, 5.74) is 1.24. The molecule has 1 heterocycles. The topological polar surface area (TPSA) is 42.2 Å². The Balaban J connectivity index is 2.88. The fourth-order valence-corrected chi connectivity index (χ4v) is 1.96. The second-order valence-electron chi connectivity index (χ2n) is 3.12. The molecule has 0 fully saturated rings. The van der Waals surface area contributed by atoms with Crippen LogP contribution in [0, 0.1) is 0 Å². The Morgan fingerprint density at radius 1 is 1.50 bits per heavy atom. The number of aryl methyl sites for hydroxylation is 1. The predicted octanol–water partition coefficient (Wildman–Crippen LogP) is 2.64. The lowest BCUT2D eigenvalue weighted by molar-refractivity contribution is 0.0699. The van der Waals surface area contributed by atoms with Gasteiger partial charge < -0.3 is 9.67 Å². The summed E-state index contributed by atoms with van der Waals surface area (Å²) in [5.74, 6) is -0.900. The van der Waals surface area contributed by atoms with Crippen LogP contribution in [0.2, 0.25) is 0 Å². The number of carbonyl (C=O) groups is 1. The molecule has 0 aliphatic heterocycles. The third kappa shape index (κ3) is 1.32. The van der Waals surface area contributed by atoms with Gasteiger partial charge >= 0.3 is 5.97 Å². The van der Waals surface area contributed by atoms with Crippen molar-refractivity contribution in [3.05, 3.63) is 34.4 Å². The van der Waals surface area contributed by atoms with Crippen LogP contribution in [0.1, 0.15) is 10.4 Å². The number of aromatic carboxylic acids is 1. The summed E-state index contributed by atoms with van der Waals surface area (Å²) in [7, 11) is 1.89. The summed E-state index contributed by atoms with van der Waals surface area (Å²) in [6.07, 6.45) is 1.85. The minimum atomic E-state index is -0.900. The minimum absolute atomic E-state index is 0.329. The van der Waals surface area contributed by atoms with Crippen LogP contribution >= 0.6 is 15.9 Å². The quantitative estimate of drug-likeness (QED) is 0.849. The first kappa shape index (κ1) is 9.27. The number of hydrogen-bond acceptors (Lipinski definition) is 1. The summed E-state index contributed by atoms with van der Waals surface area (Å²) in [6.45, 7) is 0. The van der Waals surface area contributed by atoms with E-state index in [-0.39, 0.29) is 0 Å². The molecule has 1 aromatic heterocycles. The number of rotatable bonds is 1. The lowest BCUT2D eigenvalue weighted by Crippen LogP contribution is -1.97. The lowest BCUT2D eigenvalue weighted by Gasteiger charge is -2.01. The third-order valence-corrected chi connectivity index (χ3v) is 2.66. The van der Waals surface area contributed by atoms with E-state index in [1.54, 1.807) is 6.07 Å². The first-order valence-corrected chi connectivity index (χ1v) is 4.87. The first-order valence-electron chi connectivity index (χ1n) is 4.07. The maximum Gasteiger partial charge on any atom is 0.336 e. The van der Waals surface area contributed by atoms with Crippen LogP contribution in [0.5, 0.6) is 0 Å². The number of halogens is 1. The highest BCUT2D eigenvalue weighted by Gasteiger charge is 2.11. The van der Waals surface area contributed by atoms with E-state index < -0.39 is 5.97 Å². The maximum absolute atomic E-state index is 10.9. The largest absolute Gasteiger partial charge is 0.478 e. The molecular weight excluding hydrogens is 246 g/mol. The van der Waals surface area contributed by atoms with Crippen molar-refractivity contribution in [2.75, 3.05) is 0 Å². The van der Waals surface area contributed by atoms with E-state index in [2.05, 4.69) is 15.9 Å². The Hall–Kier alpha value is -1.29. The Morgan fingerprint density at radius 2 is 2.21 bits per heavy atom. The summed E-state index contributed by atoms with van der Waals surface area (Å²) in [6, 6.07) is 5.33. The summed E-state index contributed by atoms with van der Waals surface area (Å²) >= 11 is 3.29. The zero-order chi connectivity index (χ0) is 10.3. The summed E-state index contributed by atoms with van der Waals surface area (Å²) in [4.78, 5) is 10.9. The highest BCUT2D eigenvalue weighted by molar-refractivity contribution is 9.10. The molecule has 0 aliphatic carbocycles. The number of nitrogens with zero attached hydrogens (tertiary/aromatic N) is 1. The normalized spacial score (nSPS) is 10.7. The Bertz CT molecular complexity index is 516. The van der Waals surface area contributed by atoms with Crippen LogP contribution in [-0.4, -0.2) is 15.6 Å². The maximum atomic E-state index is 10.9. The molecule has 72 valence electrons. The van der Waals surface area contributed by atoms with Gasteiger partial charge in [0.05, 0.1) is 5.56 Å². The lowest BCUT2D eigenvalue weighted by atomic mass is 10.1. The average Bonchev–Trinajstić information content (AvgIpc) is 2.47. The number of carboxylic acid groups (broad SMARTS) is 1. The van der Waals surface area contributed by atoms with Crippen molar-refractivity contribution in [1.29, 1.82) is 0 Å². The van der Waals surface area contributed by atoms with Crippen LogP contribution in [0.25, 0.3) is 10.9 Å². The van der Waals surface area contributed by atoms with E-state index in [4.69, 9.17) is 5.11 Å². The molecule has 0 amide bonds. The minimum Gasteiger partial charge on any atom is -0.478 e. The standard InChI is InChI=1S/C10H8BrNO2/c1-12-3-2-7-8(10(13)14)4-6(11)5-9(7)12/h2-5H,1H3,(H,13,14). The molecule has 0 bridgehead atoms. The van der Waals surface area contributed by atoms with Gasteiger partial charge in [-0.1, -0.05) is 15.9 Å². The van der Waals surface area contributed by atoms with Gasteiger partial charge in [-0.25, -0.2) is 4.79 Å². The van der Waals surface area contributed by atoms with Crippen LogP contribution < -0.4 is 0 Å². The van der Waals surface area contributed by atoms with Crippen molar-refractivity contribution >= 4 is 32.8 Å². The number of hydrogen-bond donors (Lipinski definition) is 1. The second-order valence-corrected chi connectivity index (χ2v) is 4.03. The Kier molecular flexibility index (Phi) is 2.07. The molecule has 4 heteroatoms. The van der Waals surface area contributed by atoms with Crippen molar-refractivity contribution < 1.29 is 9.90 Å². The molecule has 3 nitrogen and oxygen atoms in total. The number of benzene rings is 1. The molecule has 2 rings (SSSR count). The highest BCUT2D eigenvalue weighted by atomic mass is 79.9. The molecule has 0 aliphatic rings. The molecule has 0 saturated heterocycles.